The van der Waals surface area contributed by atoms with Gasteiger partial charge in [0.05, 0.1) is 5.60 Å². The molecule has 0 atom stereocenters. The van der Waals surface area contributed by atoms with E-state index < -0.39 is 8.56 Å². The lowest BCUT2D eigenvalue weighted by molar-refractivity contribution is 0.0655. The van der Waals surface area contributed by atoms with Crippen LogP contribution in [-0.2, 0) is 8.85 Å². The summed E-state index contributed by atoms with van der Waals surface area (Å²) >= 11 is 0. The second-order valence-corrected chi connectivity index (χ2v) is 7.99. The molecule has 80 valence electrons. The Morgan fingerprint density at radius 3 is 1.69 bits per heavy atom. The van der Waals surface area contributed by atoms with Gasteiger partial charge in [-0.15, -0.1) is 0 Å². The summed E-state index contributed by atoms with van der Waals surface area (Å²) < 4.78 is 11.9. The van der Waals surface area contributed by atoms with Crippen molar-refractivity contribution in [1.29, 1.82) is 0 Å². The van der Waals surface area contributed by atoms with Crippen LogP contribution in [0.3, 0.4) is 0 Å². The Bertz CT molecular complexity index is 136. The molecule has 0 radical (unpaired) electrons. The van der Waals surface area contributed by atoms with Crippen molar-refractivity contribution in [1.82, 2.24) is 0 Å². The average Bonchev–Trinajstić information content (AvgIpc) is 2.01. The second kappa shape index (κ2) is 5.13. The van der Waals surface area contributed by atoms with E-state index in [-0.39, 0.29) is 5.60 Å². The standard InChI is InChI=1S/C10H24O2Si/c1-7-11-13(8-2,9-3)12-10(4,5)6/h7-9H2,1-6H3. The van der Waals surface area contributed by atoms with Crippen molar-refractivity contribution in [3.63, 3.8) is 0 Å². The molecule has 0 saturated carbocycles. The highest BCUT2D eigenvalue weighted by molar-refractivity contribution is 6.67. The lowest BCUT2D eigenvalue weighted by Crippen LogP contribution is -2.46. The molecule has 0 saturated heterocycles. The highest BCUT2D eigenvalue weighted by Crippen LogP contribution is 2.24. The van der Waals surface area contributed by atoms with Crippen molar-refractivity contribution in [2.45, 2.75) is 59.2 Å². The third kappa shape index (κ3) is 4.79. The van der Waals surface area contributed by atoms with E-state index in [2.05, 4.69) is 34.6 Å². The van der Waals surface area contributed by atoms with Crippen molar-refractivity contribution in [3.8, 4) is 0 Å². The first-order chi connectivity index (χ1) is 5.89. The van der Waals surface area contributed by atoms with E-state index in [4.69, 9.17) is 8.85 Å². The minimum Gasteiger partial charge on any atom is -0.394 e. The molecule has 3 heteroatoms. The van der Waals surface area contributed by atoms with E-state index in [1.165, 1.54) is 0 Å². The van der Waals surface area contributed by atoms with Crippen LogP contribution < -0.4 is 0 Å². The molecule has 0 aliphatic rings. The highest BCUT2D eigenvalue weighted by Gasteiger charge is 2.37. The van der Waals surface area contributed by atoms with Gasteiger partial charge >= 0.3 is 8.56 Å². The smallest absolute Gasteiger partial charge is 0.337 e. The Labute approximate surface area is 83.9 Å². The van der Waals surface area contributed by atoms with Gasteiger partial charge in [-0.2, -0.15) is 0 Å². The van der Waals surface area contributed by atoms with E-state index in [1.54, 1.807) is 0 Å². The summed E-state index contributed by atoms with van der Waals surface area (Å²) in [7, 11) is -1.88. The molecule has 0 amide bonds. The van der Waals surface area contributed by atoms with Gasteiger partial charge in [0.1, 0.15) is 0 Å². The van der Waals surface area contributed by atoms with Crippen LogP contribution in [0.25, 0.3) is 0 Å². The van der Waals surface area contributed by atoms with Crippen molar-refractivity contribution in [3.05, 3.63) is 0 Å². The topological polar surface area (TPSA) is 18.5 Å². The fraction of sp³-hybridized carbons (Fsp3) is 1.00. The quantitative estimate of drug-likeness (QED) is 0.640. The molecule has 13 heavy (non-hydrogen) atoms. The Morgan fingerprint density at radius 2 is 1.46 bits per heavy atom. The fourth-order valence-corrected chi connectivity index (χ4v) is 4.35. The maximum atomic E-state index is 6.08. The molecular formula is C10H24O2Si. The summed E-state index contributed by atoms with van der Waals surface area (Å²) in [5.74, 6) is 0. The predicted molar refractivity (Wildman–Crippen MR) is 59.2 cm³/mol. The molecule has 0 aliphatic heterocycles. The van der Waals surface area contributed by atoms with E-state index in [0.717, 1.165) is 18.7 Å². The van der Waals surface area contributed by atoms with Gasteiger partial charge in [0.25, 0.3) is 0 Å². The molecule has 0 bridgehead atoms. The third-order valence-corrected chi connectivity index (χ3v) is 5.93. The van der Waals surface area contributed by atoms with E-state index >= 15 is 0 Å². The summed E-state index contributed by atoms with van der Waals surface area (Å²) in [6.45, 7) is 13.4. The van der Waals surface area contributed by atoms with Gasteiger partial charge in [0.15, 0.2) is 0 Å². The molecule has 0 fully saturated rings. The number of rotatable bonds is 5. The van der Waals surface area contributed by atoms with Gasteiger partial charge in [-0.1, -0.05) is 13.8 Å². The fourth-order valence-electron chi connectivity index (χ4n) is 1.45. The number of hydrogen-bond donors (Lipinski definition) is 0. The maximum absolute atomic E-state index is 6.08. The molecule has 0 unspecified atom stereocenters. The van der Waals surface area contributed by atoms with Gasteiger partial charge in [-0.05, 0) is 39.8 Å². The first-order valence-corrected chi connectivity index (χ1v) is 7.46. The van der Waals surface area contributed by atoms with Gasteiger partial charge in [0.2, 0.25) is 0 Å². The zero-order chi connectivity index (χ0) is 10.5. The molecule has 2 nitrogen and oxygen atoms in total. The summed E-state index contributed by atoms with van der Waals surface area (Å²) in [6.07, 6.45) is 0. The van der Waals surface area contributed by atoms with Crippen molar-refractivity contribution < 1.29 is 8.85 Å². The van der Waals surface area contributed by atoms with Crippen LogP contribution in [0.15, 0.2) is 0 Å². The Hall–Kier alpha value is 0.137. The monoisotopic (exact) mass is 204 g/mol. The Morgan fingerprint density at radius 1 is 1.00 bits per heavy atom. The molecule has 0 aromatic rings. The molecule has 0 N–H and O–H groups in total. The molecular weight excluding hydrogens is 180 g/mol. The SMILES string of the molecule is CCO[Si](CC)(CC)OC(C)(C)C. The number of hydrogen-bond acceptors (Lipinski definition) is 2. The summed E-state index contributed by atoms with van der Waals surface area (Å²) in [5, 5.41) is 0. The summed E-state index contributed by atoms with van der Waals surface area (Å²) in [5.41, 5.74) is -0.0760. The van der Waals surface area contributed by atoms with Gasteiger partial charge < -0.3 is 8.85 Å². The van der Waals surface area contributed by atoms with Crippen molar-refractivity contribution in [2.24, 2.45) is 0 Å². The van der Waals surface area contributed by atoms with Crippen LogP contribution in [-0.4, -0.2) is 20.8 Å². The van der Waals surface area contributed by atoms with Crippen LogP contribution in [0.4, 0.5) is 0 Å². The Kier molecular flexibility index (Phi) is 5.18. The van der Waals surface area contributed by atoms with Gasteiger partial charge in [-0.25, -0.2) is 0 Å². The predicted octanol–water partition coefficient (Wildman–Crippen LogP) is 3.32. The van der Waals surface area contributed by atoms with E-state index in [9.17, 15) is 0 Å². The van der Waals surface area contributed by atoms with Crippen LogP contribution in [0.1, 0.15) is 41.5 Å². The minimum atomic E-state index is -1.88. The lowest BCUT2D eigenvalue weighted by atomic mass is 10.2. The summed E-state index contributed by atoms with van der Waals surface area (Å²) in [4.78, 5) is 0. The van der Waals surface area contributed by atoms with Crippen LogP contribution in [0, 0.1) is 0 Å². The molecule has 0 aromatic carbocycles. The first-order valence-electron chi connectivity index (χ1n) is 5.23. The minimum absolute atomic E-state index is 0.0760. The maximum Gasteiger partial charge on any atom is 0.337 e. The lowest BCUT2D eigenvalue weighted by Gasteiger charge is -2.35. The second-order valence-electron chi connectivity index (χ2n) is 4.27. The van der Waals surface area contributed by atoms with Crippen molar-refractivity contribution >= 4 is 8.56 Å². The Balaban J connectivity index is 4.38. The van der Waals surface area contributed by atoms with E-state index in [0.29, 0.717) is 0 Å². The molecule has 0 aromatic heterocycles. The zero-order valence-corrected chi connectivity index (χ0v) is 10.9. The molecule has 0 spiro atoms. The zero-order valence-electron chi connectivity index (χ0n) is 9.94. The van der Waals surface area contributed by atoms with Crippen LogP contribution in [0.5, 0.6) is 0 Å². The van der Waals surface area contributed by atoms with Crippen molar-refractivity contribution in [2.75, 3.05) is 6.61 Å². The van der Waals surface area contributed by atoms with Crippen LogP contribution >= 0.6 is 0 Å². The van der Waals surface area contributed by atoms with Gasteiger partial charge in [-0.3, -0.25) is 0 Å². The highest BCUT2D eigenvalue weighted by atomic mass is 28.4. The third-order valence-electron chi connectivity index (χ3n) is 1.98. The van der Waals surface area contributed by atoms with Gasteiger partial charge in [0, 0.05) is 6.61 Å². The average molecular weight is 204 g/mol. The normalized spacial score (nSPS) is 13.4. The van der Waals surface area contributed by atoms with Crippen LogP contribution in [0.2, 0.25) is 12.1 Å². The molecule has 0 rings (SSSR count). The molecule has 0 aliphatic carbocycles. The summed E-state index contributed by atoms with van der Waals surface area (Å²) in [6, 6.07) is 2.07. The molecule has 0 heterocycles. The van der Waals surface area contributed by atoms with E-state index in [1.807, 2.05) is 6.92 Å². The first kappa shape index (κ1) is 13.1. The largest absolute Gasteiger partial charge is 0.394 e.